The van der Waals surface area contributed by atoms with Crippen LogP contribution >= 0.6 is 22.9 Å². The maximum Gasteiger partial charge on any atom is 0.252 e. The predicted octanol–water partition coefficient (Wildman–Crippen LogP) is 2.67. The van der Waals surface area contributed by atoms with E-state index in [1.54, 1.807) is 24.3 Å². The van der Waals surface area contributed by atoms with E-state index < -0.39 is 10.0 Å². The summed E-state index contributed by atoms with van der Waals surface area (Å²) in [5.74, 6) is -0.0732. The standard InChI is InChI=1S/C18H21ClN2O4S2/c19-15-4-1-14(2-5-15)3-7-17(22)20-13-16-6-8-18(26-16)27(23,24)21-9-11-25-12-10-21/h1-2,4-6,8H,3,7,9-13H2,(H,20,22). The number of ether oxygens (including phenoxy) is 1. The Bertz CT molecular complexity index is 875. The van der Waals surface area contributed by atoms with Crippen molar-refractivity contribution in [2.24, 2.45) is 0 Å². The monoisotopic (exact) mass is 428 g/mol. The number of nitrogens with zero attached hydrogens (tertiary/aromatic N) is 1. The molecule has 3 rings (SSSR count). The summed E-state index contributed by atoms with van der Waals surface area (Å²) in [5.41, 5.74) is 1.05. The molecular formula is C18H21ClN2O4S2. The number of sulfonamides is 1. The molecule has 1 N–H and O–H groups in total. The summed E-state index contributed by atoms with van der Waals surface area (Å²) in [6, 6.07) is 10.8. The van der Waals surface area contributed by atoms with Gasteiger partial charge in [0, 0.05) is 29.4 Å². The smallest absolute Gasteiger partial charge is 0.252 e. The van der Waals surface area contributed by atoms with Crippen molar-refractivity contribution in [1.82, 2.24) is 9.62 Å². The molecular weight excluding hydrogens is 408 g/mol. The molecule has 1 aromatic carbocycles. The number of thiophene rings is 1. The highest BCUT2D eigenvalue weighted by molar-refractivity contribution is 7.91. The molecule has 0 radical (unpaired) electrons. The third-order valence-electron chi connectivity index (χ3n) is 4.21. The minimum Gasteiger partial charge on any atom is -0.379 e. The largest absolute Gasteiger partial charge is 0.379 e. The van der Waals surface area contributed by atoms with Crippen molar-refractivity contribution in [3.05, 3.63) is 51.9 Å². The van der Waals surface area contributed by atoms with Crippen molar-refractivity contribution >= 4 is 38.9 Å². The fraction of sp³-hybridized carbons (Fsp3) is 0.389. The molecule has 2 heterocycles. The number of rotatable bonds is 7. The zero-order valence-corrected chi connectivity index (χ0v) is 17.1. The highest BCUT2D eigenvalue weighted by Crippen LogP contribution is 2.25. The van der Waals surface area contributed by atoms with Crippen LogP contribution in [0.25, 0.3) is 0 Å². The van der Waals surface area contributed by atoms with Gasteiger partial charge >= 0.3 is 0 Å². The number of halogens is 1. The van der Waals surface area contributed by atoms with E-state index in [4.69, 9.17) is 16.3 Å². The fourth-order valence-electron chi connectivity index (χ4n) is 2.69. The van der Waals surface area contributed by atoms with Crippen LogP contribution in [0.15, 0.2) is 40.6 Å². The van der Waals surface area contributed by atoms with Crippen LogP contribution in [0.5, 0.6) is 0 Å². The Labute approximate surface area is 168 Å². The Balaban J connectivity index is 1.50. The first-order chi connectivity index (χ1) is 12.9. The van der Waals surface area contributed by atoms with E-state index in [-0.39, 0.29) is 5.91 Å². The molecule has 0 bridgehead atoms. The average Bonchev–Trinajstić information content (AvgIpc) is 3.16. The third kappa shape index (κ3) is 5.52. The van der Waals surface area contributed by atoms with E-state index in [0.717, 1.165) is 10.4 Å². The van der Waals surface area contributed by atoms with Crippen molar-refractivity contribution in [2.75, 3.05) is 26.3 Å². The molecule has 1 amide bonds. The summed E-state index contributed by atoms with van der Waals surface area (Å²) in [4.78, 5) is 12.8. The Morgan fingerprint density at radius 2 is 1.85 bits per heavy atom. The maximum absolute atomic E-state index is 12.6. The lowest BCUT2D eigenvalue weighted by molar-refractivity contribution is -0.121. The molecule has 1 aromatic heterocycles. The van der Waals surface area contributed by atoms with Gasteiger partial charge in [-0.3, -0.25) is 4.79 Å². The number of hydrogen-bond acceptors (Lipinski definition) is 5. The van der Waals surface area contributed by atoms with Gasteiger partial charge in [-0.25, -0.2) is 8.42 Å². The first-order valence-electron chi connectivity index (χ1n) is 8.63. The van der Waals surface area contributed by atoms with Gasteiger partial charge in [0.15, 0.2) is 0 Å². The maximum atomic E-state index is 12.6. The van der Waals surface area contributed by atoms with Crippen LogP contribution in [0.1, 0.15) is 16.9 Å². The van der Waals surface area contributed by atoms with Gasteiger partial charge < -0.3 is 10.1 Å². The van der Waals surface area contributed by atoms with Gasteiger partial charge in [-0.05, 0) is 36.2 Å². The van der Waals surface area contributed by atoms with Crippen LogP contribution in [-0.4, -0.2) is 44.9 Å². The first-order valence-corrected chi connectivity index (χ1v) is 11.3. The molecule has 27 heavy (non-hydrogen) atoms. The summed E-state index contributed by atoms with van der Waals surface area (Å²) in [5, 5.41) is 3.51. The Morgan fingerprint density at radius 1 is 1.15 bits per heavy atom. The second-order valence-corrected chi connectivity index (χ2v) is 9.91. The number of benzene rings is 1. The van der Waals surface area contributed by atoms with Crippen LogP contribution in [0, 0.1) is 0 Å². The van der Waals surface area contributed by atoms with Gasteiger partial charge in [0.25, 0.3) is 10.0 Å². The lowest BCUT2D eigenvalue weighted by Gasteiger charge is -2.25. The molecule has 2 aromatic rings. The first kappa shape index (κ1) is 20.3. The molecule has 0 aliphatic carbocycles. The van der Waals surface area contributed by atoms with Gasteiger partial charge in [-0.2, -0.15) is 4.31 Å². The average molecular weight is 429 g/mol. The van der Waals surface area contributed by atoms with Crippen LogP contribution in [-0.2, 0) is 32.5 Å². The van der Waals surface area contributed by atoms with E-state index in [9.17, 15) is 13.2 Å². The molecule has 9 heteroatoms. The number of carbonyl (C=O) groups excluding carboxylic acids is 1. The van der Waals surface area contributed by atoms with Crippen molar-refractivity contribution in [3.63, 3.8) is 0 Å². The van der Waals surface area contributed by atoms with Crippen LogP contribution in [0.4, 0.5) is 0 Å². The summed E-state index contributed by atoms with van der Waals surface area (Å²) < 4.78 is 32.2. The van der Waals surface area contributed by atoms with E-state index in [1.165, 1.54) is 15.6 Å². The second kappa shape index (κ2) is 9.16. The van der Waals surface area contributed by atoms with E-state index in [1.807, 2.05) is 12.1 Å². The topological polar surface area (TPSA) is 75.7 Å². The van der Waals surface area contributed by atoms with Gasteiger partial charge in [-0.15, -0.1) is 11.3 Å². The van der Waals surface area contributed by atoms with Crippen molar-refractivity contribution in [3.8, 4) is 0 Å². The van der Waals surface area contributed by atoms with Crippen molar-refractivity contribution < 1.29 is 17.9 Å². The molecule has 1 saturated heterocycles. The SMILES string of the molecule is O=C(CCc1ccc(Cl)cc1)NCc1ccc(S(=O)(=O)N2CCOCC2)s1. The molecule has 1 aliphatic heterocycles. The highest BCUT2D eigenvalue weighted by atomic mass is 35.5. The molecule has 0 spiro atoms. The zero-order valence-electron chi connectivity index (χ0n) is 14.7. The van der Waals surface area contributed by atoms with Crippen LogP contribution in [0.3, 0.4) is 0 Å². The Morgan fingerprint density at radius 3 is 2.56 bits per heavy atom. The number of amides is 1. The van der Waals surface area contributed by atoms with Crippen molar-refractivity contribution in [2.45, 2.75) is 23.6 Å². The van der Waals surface area contributed by atoms with E-state index in [2.05, 4.69) is 5.32 Å². The molecule has 0 atom stereocenters. The lowest BCUT2D eigenvalue weighted by atomic mass is 10.1. The quantitative estimate of drug-likeness (QED) is 0.735. The third-order valence-corrected chi connectivity index (χ3v) is 7.92. The lowest BCUT2D eigenvalue weighted by Crippen LogP contribution is -2.40. The number of nitrogens with one attached hydrogen (secondary N) is 1. The molecule has 1 fully saturated rings. The summed E-state index contributed by atoms with van der Waals surface area (Å²) in [6.45, 7) is 1.90. The molecule has 6 nitrogen and oxygen atoms in total. The number of morpholine rings is 1. The van der Waals surface area contributed by atoms with Gasteiger partial charge in [-0.1, -0.05) is 23.7 Å². The van der Waals surface area contributed by atoms with Crippen LogP contribution < -0.4 is 5.32 Å². The van der Waals surface area contributed by atoms with Gasteiger partial charge in [0.1, 0.15) is 4.21 Å². The van der Waals surface area contributed by atoms with Gasteiger partial charge in [0.2, 0.25) is 5.91 Å². The number of carbonyl (C=O) groups is 1. The molecule has 1 aliphatic rings. The van der Waals surface area contributed by atoms with E-state index >= 15 is 0 Å². The normalized spacial score (nSPS) is 15.6. The molecule has 0 unspecified atom stereocenters. The zero-order chi connectivity index (χ0) is 19.3. The molecule has 146 valence electrons. The second-order valence-electron chi connectivity index (χ2n) is 6.14. The van der Waals surface area contributed by atoms with Gasteiger partial charge in [0.05, 0.1) is 19.8 Å². The number of aryl methyl sites for hydroxylation is 1. The highest BCUT2D eigenvalue weighted by Gasteiger charge is 2.27. The summed E-state index contributed by atoms with van der Waals surface area (Å²) >= 11 is 7.04. The Kier molecular flexibility index (Phi) is 6.88. The molecule has 0 saturated carbocycles. The minimum absolute atomic E-state index is 0.0732. The summed E-state index contributed by atoms with van der Waals surface area (Å²) in [6.07, 6.45) is 0.996. The number of hydrogen-bond donors (Lipinski definition) is 1. The fourth-order valence-corrected chi connectivity index (χ4v) is 5.67. The van der Waals surface area contributed by atoms with Crippen molar-refractivity contribution in [1.29, 1.82) is 0 Å². The minimum atomic E-state index is -3.48. The van der Waals surface area contributed by atoms with Crippen LogP contribution in [0.2, 0.25) is 5.02 Å². The Hall–Kier alpha value is -1.45. The van der Waals surface area contributed by atoms with E-state index in [0.29, 0.717) is 54.9 Å². The predicted molar refractivity (Wildman–Crippen MR) is 106 cm³/mol. The summed E-state index contributed by atoms with van der Waals surface area (Å²) in [7, 11) is -3.48.